The van der Waals surface area contributed by atoms with Crippen molar-refractivity contribution in [1.29, 1.82) is 0 Å². The Morgan fingerprint density at radius 2 is 2.16 bits per heavy atom. The first-order valence-corrected chi connectivity index (χ1v) is 12.0. The number of nitrogens with one attached hydrogen (secondary N) is 1. The van der Waals surface area contributed by atoms with Gasteiger partial charge in [-0.2, -0.15) is 0 Å². The fourth-order valence-corrected chi connectivity index (χ4v) is 5.03. The molecule has 170 valence electrons. The molecule has 1 atom stereocenters. The lowest BCUT2D eigenvalue weighted by Crippen LogP contribution is -2.30. The highest BCUT2D eigenvalue weighted by molar-refractivity contribution is 8.03. The maximum atomic E-state index is 13.9. The van der Waals surface area contributed by atoms with E-state index in [1.165, 1.54) is 17.8 Å². The van der Waals surface area contributed by atoms with Crippen LogP contribution in [0.2, 0.25) is 0 Å². The van der Waals surface area contributed by atoms with Gasteiger partial charge in [0.25, 0.3) is 0 Å². The molecule has 1 N–H and O–H groups in total. The van der Waals surface area contributed by atoms with Crippen molar-refractivity contribution in [2.75, 3.05) is 16.8 Å². The lowest BCUT2D eigenvalue weighted by atomic mass is 10.1. The van der Waals surface area contributed by atoms with Gasteiger partial charge in [-0.3, -0.25) is 14.7 Å². The van der Waals surface area contributed by atoms with Crippen molar-refractivity contribution >= 4 is 29.1 Å². The summed E-state index contributed by atoms with van der Waals surface area (Å²) in [6.45, 7) is 2.89. The summed E-state index contributed by atoms with van der Waals surface area (Å²) in [6, 6.07) is 7.91. The van der Waals surface area contributed by atoms with Gasteiger partial charge >= 0.3 is 5.97 Å². The van der Waals surface area contributed by atoms with Gasteiger partial charge < -0.3 is 10.1 Å². The Hall–Kier alpha value is -2.61. The molecular formula is C24H27F2N3O2S. The van der Waals surface area contributed by atoms with Crippen LogP contribution in [0.5, 0.6) is 0 Å². The van der Waals surface area contributed by atoms with Gasteiger partial charge in [-0.25, -0.2) is 8.78 Å². The third-order valence-corrected chi connectivity index (χ3v) is 6.63. The van der Waals surface area contributed by atoms with Crippen LogP contribution in [0.4, 0.5) is 20.2 Å². The fourth-order valence-electron chi connectivity index (χ4n) is 3.94. The summed E-state index contributed by atoms with van der Waals surface area (Å²) in [6.07, 6.45) is 5.52. The van der Waals surface area contributed by atoms with Crippen LogP contribution in [0.1, 0.15) is 50.4 Å². The van der Waals surface area contributed by atoms with Crippen LogP contribution < -0.4 is 10.2 Å². The molecule has 0 fully saturated rings. The smallest absolute Gasteiger partial charge is 0.312 e. The first kappa shape index (κ1) is 22.6. The number of aromatic nitrogens is 1. The molecule has 0 spiro atoms. The maximum Gasteiger partial charge on any atom is 0.312 e. The number of hydrogen-bond donors (Lipinski definition) is 1. The van der Waals surface area contributed by atoms with Gasteiger partial charge in [0.15, 0.2) is 11.6 Å². The average Bonchev–Trinajstić information content (AvgIpc) is 3.18. The van der Waals surface area contributed by atoms with Crippen LogP contribution in [-0.4, -0.2) is 22.9 Å². The zero-order valence-corrected chi connectivity index (χ0v) is 18.9. The number of hydrogen-bond acceptors (Lipinski definition) is 6. The topological polar surface area (TPSA) is 54.5 Å². The van der Waals surface area contributed by atoms with Crippen LogP contribution >= 0.6 is 11.8 Å². The number of ether oxygens (including phenoxy) is 1. The van der Waals surface area contributed by atoms with Gasteiger partial charge in [0.05, 0.1) is 16.8 Å². The largest absolute Gasteiger partial charge is 0.409 e. The monoisotopic (exact) mass is 459 g/mol. The molecule has 2 aromatic rings. The number of nitrogens with zero attached hydrogens (tertiary/aromatic N) is 2. The summed E-state index contributed by atoms with van der Waals surface area (Å²) in [5.41, 5.74) is 3.77. The van der Waals surface area contributed by atoms with E-state index < -0.39 is 11.6 Å². The number of esters is 1. The van der Waals surface area contributed by atoms with Crippen molar-refractivity contribution in [1.82, 2.24) is 4.98 Å². The number of fused-ring (bicyclic) bond motifs is 1. The maximum absolute atomic E-state index is 13.9. The zero-order valence-electron chi connectivity index (χ0n) is 18.1. The highest BCUT2D eigenvalue weighted by atomic mass is 32.2. The number of carbonyl (C=O) groups is 1. The van der Waals surface area contributed by atoms with Gasteiger partial charge in [-0.1, -0.05) is 6.92 Å². The van der Waals surface area contributed by atoms with Crippen molar-refractivity contribution in [3.05, 3.63) is 64.6 Å². The van der Waals surface area contributed by atoms with Crippen LogP contribution in [0, 0.1) is 11.6 Å². The van der Waals surface area contributed by atoms with Gasteiger partial charge in [0.1, 0.15) is 0 Å². The number of pyridine rings is 1. The molecule has 2 aliphatic rings. The molecule has 1 aromatic heterocycles. The number of halogens is 2. The predicted molar refractivity (Wildman–Crippen MR) is 123 cm³/mol. The van der Waals surface area contributed by atoms with Gasteiger partial charge in [0, 0.05) is 35.8 Å². The molecule has 4 rings (SSSR count). The molecule has 1 aromatic carbocycles. The quantitative estimate of drug-likeness (QED) is 0.507. The van der Waals surface area contributed by atoms with E-state index in [-0.39, 0.29) is 11.3 Å². The zero-order chi connectivity index (χ0) is 22.5. The molecule has 0 radical (unpaired) electrons. The lowest BCUT2D eigenvalue weighted by Gasteiger charge is -2.28. The standard InChI is InChI=1S/C24H27F2N3O2S/c1-2-5-24(30)31-22-15-32-23(29(22)17-10-11-18(25)19(26)14-17)8-3-6-16-9-12-20-21(28-16)7-4-13-27-20/h9-12,14-15,23,27H,2-8,13H2,1H3. The molecule has 0 aliphatic carbocycles. The van der Waals surface area contributed by atoms with E-state index in [1.54, 1.807) is 10.3 Å². The molecule has 2 aliphatic heterocycles. The molecule has 5 nitrogen and oxygen atoms in total. The third kappa shape index (κ3) is 5.23. The van der Waals surface area contributed by atoms with E-state index in [1.807, 2.05) is 6.92 Å². The van der Waals surface area contributed by atoms with E-state index >= 15 is 0 Å². The number of benzene rings is 1. The molecule has 0 saturated carbocycles. The van der Waals surface area contributed by atoms with Gasteiger partial charge in [-0.05, 0) is 62.8 Å². The van der Waals surface area contributed by atoms with Crippen LogP contribution in [-0.2, 0) is 22.4 Å². The number of rotatable bonds is 8. The normalized spacial score (nSPS) is 17.5. The molecule has 1 unspecified atom stereocenters. The minimum atomic E-state index is -0.927. The summed E-state index contributed by atoms with van der Waals surface area (Å²) in [5.74, 6) is -1.80. The van der Waals surface area contributed by atoms with Gasteiger partial charge in [0.2, 0.25) is 5.88 Å². The van der Waals surface area contributed by atoms with Crippen molar-refractivity contribution in [2.24, 2.45) is 0 Å². The Bertz CT molecular complexity index is 1010. The summed E-state index contributed by atoms with van der Waals surface area (Å²) in [7, 11) is 0. The van der Waals surface area contributed by atoms with Crippen molar-refractivity contribution in [3.8, 4) is 0 Å². The van der Waals surface area contributed by atoms with Crippen molar-refractivity contribution < 1.29 is 18.3 Å². The average molecular weight is 460 g/mol. The molecule has 0 amide bonds. The highest BCUT2D eigenvalue weighted by Crippen LogP contribution is 2.39. The Morgan fingerprint density at radius 1 is 1.28 bits per heavy atom. The Kier molecular flexibility index (Phi) is 7.29. The number of anilines is 2. The second-order valence-corrected chi connectivity index (χ2v) is 9.01. The van der Waals surface area contributed by atoms with Crippen molar-refractivity contribution in [2.45, 2.75) is 57.2 Å². The fraction of sp³-hybridized carbons (Fsp3) is 0.417. The van der Waals surface area contributed by atoms with E-state index in [0.717, 1.165) is 67.9 Å². The predicted octanol–water partition coefficient (Wildman–Crippen LogP) is 5.76. The van der Waals surface area contributed by atoms with E-state index in [4.69, 9.17) is 9.72 Å². The third-order valence-electron chi connectivity index (χ3n) is 5.53. The summed E-state index contributed by atoms with van der Waals surface area (Å²) in [5, 5.41) is 5.07. The molecule has 0 bridgehead atoms. The molecular weight excluding hydrogens is 432 g/mol. The SMILES string of the molecule is CCCC(=O)OC1=CSC(CCCc2ccc3c(n2)CCCN3)N1c1ccc(F)c(F)c1. The number of thioether (sulfide) groups is 1. The Labute approximate surface area is 191 Å². The lowest BCUT2D eigenvalue weighted by molar-refractivity contribution is -0.139. The number of carbonyl (C=O) groups excluding carboxylic acids is 1. The first-order chi connectivity index (χ1) is 15.5. The van der Waals surface area contributed by atoms with Crippen LogP contribution in [0.15, 0.2) is 41.6 Å². The van der Waals surface area contributed by atoms with Crippen LogP contribution in [0.3, 0.4) is 0 Å². The second kappa shape index (κ2) is 10.3. The molecule has 3 heterocycles. The summed E-state index contributed by atoms with van der Waals surface area (Å²) in [4.78, 5) is 18.7. The molecule has 8 heteroatoms. The summed E-state index contributed by atoms with van der Waals surface area (Å²) < 4.78 is 33.0. The highest BCUT2D eigenvalue weighted by Gasteiger charge is 2.31. The van der Waals surface area contributed by atoms with E-state index in [9.17, 15) is 13.6 Å². The van der Waals surface area contributed by atoms with Crippen LogP contribution in [0.25, 0.3) is 0 Å². The minimum Gasteiger partial charge on any atom is -0.409 e. The summed E-state index contributed by atoms with van der Waals surface area (Å²) >= 11 is 1.52. The van der Waals surface area contributed by atoms with E-state index in [0.29, 0.717) is 24.4 Å². The second-order valence-electron chi connectivity index (χ2n) is 7.96. The Morgan fingerprint density at radius 3 is 2.97 bits per heavy atom. The van der Waals surface area contributed by atoms with Crippen molar-refractivity contribution in [3.63, 3.8) is 0 Å². The minimum absolute atomic E-state index is 0.0800. The number of aryl methyl sites for hydroxylation is 2. The van der Waals surface area contributed by atoms with Gasteiger partial charge in [-0.15, -0.1) is 11.8 Å². The molecule has 32 heavy (non-hydrogen) atoms. The van der Waals surface area contributed by atoms with E-state index in [2.05, 4.69) is 17.4 Å². The Balaban J connectivity index is 1.44. The first-order valence-electron chi connectivity index (χ1n) is 11.1. The molecule has 0 saturated heterocycles.